The van der Waals surface area contributed by atoms with E-state index in [9.17, 15) is 22.0 Å². The van der Waals surface area contributed by atoms with Crippen molar-refractivity contribution in [3.8, 4) is 0 Å². The molecular formula is C17H13F5N2O. The molecule has 0 saturated carbocycles. The van der Waals surface area contributed by atoms with Crippen LogP contribution in [0, 0.1) is 29.1 Å². The number of nitrogens with zero attached hydrogens (tertiary/aromatic N) is 2. The normalized spacial score (nSPS) is 15.2. The fraction of sp³-hybridized carbons (Fsp3) is 0.235. The third-order valence-electron chi connectivity index (χ3n) is 3.80. The zero-order chi connectivity index (χ0) is 18.0. The number of hydrogen-bond donors (Lipinski definition) is 0. The summed E-state index contributed by atoms with van der Waals surface area (Å²) in [7, 11) is 0. The second kappa shape index (κ2) is 7.18. The number of halogens is 5. The lowest BCUT2D eigenvalue weighted by atomic mass is 10.2. The van der Waals surface area contributed by atoms with Gasteiger partial charge in [0.05, 0.1) is 13.2 Å². The first-order chi connectivity index (χ1) is 12.0. The lowest BCUT2D eigenvalue weighted by molar-refractivity contribution is 0.122. The van der Waals surface area contributed by atoms with Crippen LogP contribution in [-0.2, 0) is 4.74 Å². The molecule has 25 heavy (non-hydrogen) atoms. The van der Waals surface area contributed by atoms with Gasteiger partial charge in [-0.15, -0.1) is 0 Å². The van der Waals surface area contributed by atoms with E-state index in [1.54, 1.807) is 24.3 Å². The van der Waals surface area contributed by atoms with Crippen LogP contribution in [0.1, 0.15) is 5.56 Å². The van der Waals surface area contributed by atoms with Crippen molar-refractivity contribution in [2.75, 3.05) is 31.2 Å². The maximum atomic E-state index is 13.6. The zero-order valence-electron chi connectivity index (χ0n) is 12.9. The summed E-state index contributed by atoms with van der Waals surface area (Å²) in [5, 5.41) is 0. The van der Waals surface area contributed by atoms with Crippen LogP contribution in [0.4, 0.5) is 33.3 Å². The van der Waals surface area contributed by atoms with Gasteiger partial charge < -0.3 is 9.64 Å². The van der Waals surface area contributed by atoms with Crippen molar-refractivity contribution in [3.05, 3.63) is 58.9 Å². The fourth-order valence-corrected chi connectivity index (χ4v) is 2.44. The summed E-state index contributed by atoms with van der Waals surface area (Å²) in [6, 6.07) is 6.84. The van der Waals surface area contributed by atoms with Gasteiger partial charge in [-0.1, -0.05) is 12.1 Å². The molecule has 3 nitrogen and oxygen atoms in total. The minimum atomic E-state index is -2.20. The number of rotatable bonds is 3. The van der Waals surface area contributed by atoms with Gasteiger partial charge in [-0.3, -0.25) is 0 Å². The number of aliphatic imine (C=N–C) groups is 1. The second-order valence-electron chi connectivity index (χ2n) is 5.37. The topological polar surface area (TPSA) is 24.8 Å². The van der Waals surface area contributed by atoms with Gasteiger partial charge in [0.15, 0.2) is 23.3 Å². The molecule has 3 rings (SSSR count). The number of anilines is 1. The van der Waals surface area contributed by atoms with Crippen LogP contribution in [0.2, 0.25) is 0 Å². The molecule has 2 aromatic rings. The summed E-state index contributed by atoms with van der Waals surface area (Å²) in [6.45, 7) is 2.75. The van der Waals surface area contributed by atoms with Gasteiger partial charge in [0, 0.05) is 25.0 Å². The maximum Gasteiger partial charge on any atom is 0.200 e. The Hall–Kier alpha value is -2.48. The Morgan fingerprint density at radius 1 is 0.800 bits per heavy atom. The monoisotopic (exact) mass is 356 g/mol. The summed E-state index contributed by atoms with van der Waals surface area (Å²) in [5.41, 5.74) is 0.186. The van der Waals surface area contributed by atoms with E-state index in [2.05, 4.69) is 9.89 Å². The number of hydrogen-bond acceptors (Lipinski definition) is 3. The van der Waals surface area contributed by atoms with Gasteiger partial charge >= 0.3 is 0 Å². The van der Waals surface area contributed by atoms with E-state index >= 15 is 0 Å². The van der Waals surface area contributed by atoms with E-state index in [0.29, 0.717) is 18.8 Å². The molecule has 0 aromatic heterocycles. The largest absolute Gasteiger partial charge is 0.378 e. The van der Waals surface area contributed by atoms with Crippen molar-refractivity contribution >= 4 is 17.6 Å². The SMILES string of the molecule is Fc1c(F)c(F)c(N=Cc2ccc(N3CCOCC3)cc2)c(F)c1F. The molecule has 1 aliphatic rings. The highest BCUT2D eigenvalue weighted by atomic mass is 19.2. The fourth-order valence-electron chi connectivity index (χ4n) is 2.44. The molecule has 0 amide bonds. The van der Waals surface area contributed by atoms with Gasteiger partial charge in [0.1, 0.15) is 5.69 Å². The predicted molar refractivity (Wildman–Crippen MR) is 83.0 cm³/mol. The average molecular weight is 356 g/mol. The van der Waals surface area contributed by atoms with Crippen molar-refractivity contribution in [3.63, 3.8) is 0 Å². The van der Waals surface area contributed by atoms with Crippen LogP contribution in [0.5, 0.6) is 0 Å². The van der Waals surface area contributed by atoms with E-state index in [-0.39, 0.29) is 0 Å². The van der Waals surface area contributed by atoms with Crippen LogP contribution in [-0.4, -0.2) is 32.5 Å². The molecule has 2 aromatic carbocycles. The van der Waals surface area contributed by atoms with Crippen LogP contribution < -0.4 is 4.90 Å². The number of benzene rings is 2. The van der Waals surface area contributed by atoms with Crippen molar-refractivity contribution < 1.29 is 26.7 Å². The highest BCUT2D eigenvalue weighted by molar-refractivity contribution is 5.82. The Bertz CT molecular complexity index is 773. The quantitative estimate of drug-likeness (QED) is 0.360. The van der Waals surface area contributed by atoms with Gasteiger partial charge in [-0.05, 0) is 17.7 Å². The maximum absolute atomic E-state index is 13.6. The minimum Gasteiger partial charge on any atom is -0.378 e. The number of morpholine rings is 1. The predicted octanol–water partition coefficient (Wildman–Crippen LogP) is 3.97. The lowest BCUT2D eigenvalue weighted by Gasteiger charge is -2.28. The van der Waals surface area contributed by atoms with Crippen molar-refractivity contribution in [1.29, 1.82) is 0 Å². The Morgan fingerprint density at radius 3 is 1.88 bits per heavy atom. The van der Waals surface area contributed by atoms with Gasteiger partial charge in [0.2, 0.25) is 5.82 Å². The number of ether oxygens (including phenoxy) is 1. The summed E-state index contributed by atoms with van der Waals surface area (Å²) in [4.78, 5) is 5.53. The van der Waals surface area contributed by atoms with Crippen LogP contribution in [0.15, 0.2) is 29.3 Å². The second-order valence-corrected chi connectivity index (χ2v) is 5.37. The molecule has 0 atom stereocenters. The minimum absolute atomic E-state index is 0.459. The summed E-state index contributed by atoms with van der Waals surface area (Å²) < 4.78 is 71.6. The zero-order valence-corrected chi connectivity index (χ0v) is 12.9. The molecule has 0 bridgehead atoms. The standard InChI is InChI=1S/C17H13F5N2O/c18-12-13(19)15(21)17(16(22)14(12)20)23-9-10-1-3-11(4-2-10)24-5-7-25-8-6-24/h1-4,9H,5-8H2. The van der Waals surface area contributed by atoms with E-state index in [1.165, 1.54) is 0 Å². The van der Waals surface area contributed by atoms with Crippen molar-refractivity contribution in [2.24, 2.45) is 4.99 Å². The molecule has 132 valence electrons. The lowest BCUT2D eigenvalue weighted by Crippen LogP contribution is -2.36. The summed E-state index contributed by atoms with van der Waals surface area (Å²) in [5.74, 6) is -10.2. The molecule has 0 aliphatic carbocycles. The van der Waals surface area contributed by atoms with E-state index in [0.717, 1.165) is 25.0 Å². The van der Waals surface area contributed by atoms with Crippen LogP contribution in [0.3, 0.4) is 0 Å². The molecule has 1 saturated heterocycles. The first-order valence-corrected chi connectivity index (χ1v) is 7.47. The van der Waals surface area contributed by atoms with Crippen LogP contribution >= 0.6 is 0 Å². The highest BCUT2D eigenvalue weighted by Crippen LogP contribution is 2.29. The molecule has 1 aliphatic heterocycles. The smallest absolute Gasteiger partial charge is 0.200 e. The van der Waals surface area contributed by atoms with Crippen molar-refractivity contribution in [2.45, 2.75) is 0 Å². The Balaban J connectivity index is 1.83. The molecular weight excluding hydrogens is 343 g/mol. The third kappa shape index (κ3) is 3.48. The van der Waals surface area contributed by atoms with E-state index < -0.39 is 34.8 Å². The first kappa shape index (κ1) is 17.3. The van der Waals surface area contributed by atoms with Crippen LogP contribution in [0.25, 0.3) is 0 Å². The van der Waals surface area contributed by atoms with Crippen molar-refractivity contribution in [1.82, 2.24) is 0 Å². The average Bonchev–Trinajstić information content (AvgIpc) is 2.66. The Labute approximate surface area is 140 Å². The summed E-state index contributed by atoms with van der Waals surface area (Å²) >= 11 is 0. The molecule has 8 heteroatoms. The van der Waals surface area contributed by atoms with E-state index in [4.69, 9.17) is 4.74 Å². The highest BCUT2D eigenvalue weighted by Gasteiger charge is 2.25. The molecule has 0 N–H and O–H groups in total. The molecule has 0 spiro atoms. The van der Waals surface area contributed by atoms with E-state index in [1.807, 2.05) is 0 Å². The molecule has 0 unspecified atom stereocenters. The van der Waals surface area contributed by atoms with Gasteiger partial charge in [-0.2, -0.15) is 0 Å². The first-order valence-electron chi connectivity index (χ1n) is 7.47. The molecule has 1 fully saturated rings. The van der Waals surface area contributed by atoms with Gasteiger partial charge in [-0.25, -0.2) is 26.9 Å². The summed E-state index contributed by atoms with van der Waals surface area (Å²) in [6.07, 6.45) is 1.04. The third-order valence-corrected chi connectivity index (χ3v) is 3.80. The van der Waals surface area contributed by atoms with Gasteiger partial charge in [0.25, 0.3) is 0 Å². The molecule has 1 heterocycles. The Morgan fingerprint density at radius 2 is 1.32 bits per heavy atom. The molecule has 0 radical (unpaired) electrons. The Kier molecular flexibility index (Phi) is 4.98.